The van der Waals surface area contributed by atoms with Crippen molar-refractivity contribution < 1.29 is 9.52 Å². The number of benzene rings is 1. The Kier molecular flexibility index (Phi) is 1.81. The molecule has 2 nitrogen and oxygen atoms in total. The summed E-state index contributed by atoms with van der Waals surface area (Å²) in [5.74, 6) is 1.27. The van der Waals surface area contributed by atoms with Crippen LogP contribution in [-0.4, -0.2) is 5.11 Å². The third-order valence-electron chi connectivity index (χ3n) is 3.00. The van der Waals surface area contributed by atoms with Gasteiger partial charge in [-0.1, -0.05) is 0 Å². The standard InChI is InChI=1S/C12H14O2/c1-6-7(2)12-10(5-11(6)13)8(3)9(4)14-12/h5,13H,1-4H3. The highest BCUT2D eigenvalue weighted by atomic mass is 16.3. The number of phenols is 1. The Labute approximate surface area is 83.2 Å². The number of aryl methyl sites for hydroxylation is 3. The first-order valence-corrected chi connectivity index (χ1v) is 4.71. The van der Waals surface area contributed by atoms with Crippen molar-refractivity contribution in [1.82, 2.24) is 0 Å². The quantitative estimate of drug-likeness (QED) is 0.691. The van der Waals surface area contributed by atoms with Crippen LogP contribution in [0.4, 0.5) is 0 Å². The van der Waals surface area contributed by atoms with E-state index in [1.54, 1.807) is 6.07 Å². The zero-order chi connectivity index (χ0) is 10.5. The molecule has 1 N–H and O–H groups in total. The summed E-state index contributed by atoms with van der Waals surface area (Å²) in [4.78, 5) is 0. The number of hydrogen-bond acceptors (Lipinski definition) is 2. The smallest absolute Gasteiger partial charge is 0.137 e. The first-order valence-electron chi connectivity index (χ1n) is 4.71. The Morgan fingerprint density at radius 1 is 1.00 bits per heavy atom. The molecule has 0 unspecified atom stereocenters. The molecular formula is C12H14O2. The topological polar surface area (TPSA) is 33.4 Å². The minimum Gasteiger partial charge on any atom is -0.508 e. The molecule has 2 rings (SSSR count). The van der Waals surface area contributed by atoms with Gasteiger partial charge >= 0.3 is 0 Å². The minimum atomic E-state index is 0.346. The molecule has 14 heavy (non-hydrogen) atoms. The van der Waals surface area contributed by atoms with E-state index in [1.165, 1.54) is 0 Å². The van der Waals surface area contributed by atoms with Crippen molar-refractivity contribution in [3.05, 3.63) is 28.5 Å². The third kappa shape index (κ3) is 1.03. The summed E-state index contributed by atoms with van der Waals surface area (Å²) in [5.41, 5.74) is 3.93. The maximum atomic E-state index is 9.69. The van der Waals surface area contributed by atoms with Gasteiger partial charge < -0.3 is 9.52 Å². The van der Waals surface area contributed by atoms with Gasteiger partial charge in [0.05, 0.1) is 0 Å². The summed E-state index contributed by atoms with van der Waals surface area (Å²) in [7, 11) is 0. The van der Waals surface area contributed by atoms with Crippen LogP contribution in [0.5, 0.6) is 5.75 Å². The Hall–Kier alpha value is -1.44. The third-order valence-corrected chi connectivity index (χ3v) is 3.00. The normalized spacial score (nSPS) is 11.1. The SMILES string of the molecule is Cc1oc2c(C)c(C)c(O)cc2c1C. The monoisotopic (exact) mass is 190 g/mol. The molecule has 0 radical (unpaired) electrons. The van der Waals surface area contributed by atoms with Crippen LogP contribution in [0.3, 0.4) is 0 Å². The molecule has 0 aliphatic heterocycles. The van der Waals surface area contributed by atoms with Gasteiger partial charge in [-0.15, -0.1) is 0 Å². The molecule has 2 heteroatoms. The fourth-order valence-corrected chi connectivity index (χ4v) is 1.70. The van der Waals surface area contributed by atoms with Crippen molar-refractivity contribution in [2.24, 2.45) is 0 Å². The summed E-state index contributed by atoms with van der Waals surface area (Å²) in [6.07, 6.45) is 0. The van der Waals surface area contributed by atoms with Crippen LogP contribution < -0.4 is 0 Å². The van der Waals surface area contributed by atoms with E-state index in [1.807, 2.05) is 27.7 Å². The first-order chi connectivity index (χ1) is 6.52. The molecule has 0 bridgehead atoms. The van der Waals surface area contributed by atoms with Gasteiger partial charge in [0.1, 0.15) is 17.1 Å². The Morgan fingerprint density at radius 2 is 1.64 bits per heavy atom. The fraction of sp³-hybridized carbons (Fsp3) is 0.333. The molecule has 0 spiro atoms. The highest BCUT2D eigenvalue weighted by Crippen LogP contribution is 2.33. The zero-order valence-electron chi connectivity index (χ0n) is 8.93. The lowest BCUT2D eigenvalue weighted by atomic mass is 10.0. The number of rotatable bonds is 0. The van der Waals surface area contributed by atoms with E-state index in [9.17, 15) is 5.11 Å². The molecule has 1 aromatic carbocycles. The lowest BCUT2D eigenvalue weighted by Gasteiger charge is -2.03. The summed E-state index contributed by atoms with van der Waals surface area (Å²) < 4.78 is 5.65. The highest BCUT2D eigenvalue weighted by molar-refractivity contribution is 5.87. The van der Waals surface area contributed by atoms with Gasteiger partial charge in [-0.2, -0.15) is 0 Å². The van der Waals surface area contributed by atoms with E-state index in [2.05, 4.69) is 0 Å². The first kappa shape index (κ1) is 9.13. The van der Waals surface area contributed by atoms with Gasteiger partial charge in [-0.25, -0.2) is 0 Å². The lowest BCUT2D eigenvalue weighted by Crippen LogP contribution is -1.82. The van der Waals surface area contributed by atoms with E-state index in [4.69, 9.17) is 4.42 Å². The molecule has 1 aromatic heterocycles. The van der Waals surface area contributed by atoms with E-state index in [-0.39, 0.29) is 0 Å². The second kappa shape index (κ2) is 2.77. The number of fused-ring (bicyclic) bond motifs is 1. The van der Waals surface area contributed by atoms with Crippen LogP contribution in [0.1, 0.15) is 22.5 Å². The van der Waals surface area contributed by atoms with E-state index in [0.29, 0.717) is 5.75 Å². The molecule has 0 amide bonds. The van der Waals surface area contributed by atoms with Crippen LogP contribution in [0.2, 0.25) is 0 Å². The van der Waals surface area contributed by atoms with Gasteiger partial charge in [0, 0.05) is 5.39 Å². The second-order valence-electron chi connectivity index (χ2n) is 3.81. The summed E-state index contributed by atoms with van der Waals surface area (Å²) in [6.45, 7) is 7.83. The van der Waals surface area contributed by atoms with Crippen LogP contribution in [-0.2, 0) is 0 Å². The molecule has 74 valence electrons. The molecule has 0 saturated heterocycles. The predicted octanol–water partition coefficient (Wildman–Crippen LogP) is 3.37. The highest BCUT2D eigenvalue weighted by Gasteiger charge is 2.13. The molecular weight excluding hydrogens is 176 g/mol. The second-order valence-corrected chi connectivity index (χ2v) is 3.81. The van der Waals surface area contributed by atoms with Gasteiger partial charge in [0.2, 0.25) is 0 Å². The van der Waals surface area contributed by atoms with Crippen LogP contribution in [0.15, 0.2) is 10.5 Å². The van der Waals surface area contributed by atoms with Crippen molar-refractivity contribution in [2.45, 2.75) is 27.7 Å². The number of furan rings is 1. The van der Waals surface area contributed by atoms with Crippen molar-refractivity contribution >= 4 is 11.0 Å². The minimum absolute atomic E-state index is 0.346. The Bertz CT molecular complexity index is 507. The molecule has 2 aromatic rings. The molecule has 0 aliphatic carbocycles. The van der Waals surface area contributed by atoms with E-state index < -0.39 is 0 Å². The number of hydrogen-bond donors (Lipinski definition) is 1. The average Bonchev–Trinajstić information content (AvgIpc) is 2.42. The Balaban J connectivity index is 2.98. The summed E-state index contributed by atoms with van der Waals surface area (Å²) >= 11 is 0. The maximum absolute atomic E-state index is 9.69. The average molecular weight is 190 g/mol. The Morgan fingerprint density at radius 3 is 2.29 bits per heavy atom. The lowest BCUT2D eigenvalue weighted by molar-refractivity contribution is 0.471. The van der Waals surface area contributed by atoms with E-state index >= 15 is 0 Å². The number of phenolic OH excluding ortho intramolecular Hbond substituents is 1. The predicted molar refractivity (Wildman–Crippen MR) is 56.8 cm³/mol. The van der Waals surface area contributed by atoms with Crippen molar-refractivity contribution in [3.8, 4) is 5.75 Å². The van der Waals surface area contributed by atoms with Crippen molar-refractivity contribution in [1.29, 1.82) is 0 Å². The van der Waals surface area contributed by atoms with Gasteiger partial charge in [-0.3, -0.25) is 0 Å². The zero-order valence-corrected chi connectivity index (χ0v) is 8.93. The van der Waals surface area contributed by atoms with Gasteiger partial charge in [-0.05, 0) is 50.5 Å². The molecule has 0 saturated carbocycles. The van der Waals surface area contributed by atoms with Gasteiger partial charge in [0.15, 0.2) is 0 Å². The molecule has 0 atom stereocenters. The van der Waals surface area contributed by atoms with Gasteiger partial charge in [0.25, 0.3) is 0 Å². The van der Waals surface area contributed by atoms with Crippen LogP contribution >= 0.6 is 0 Å². The maximum Gasteiger partial charge on any atom is 0.137 e. The van der Waals surface area contributed by atoms with Crippen LogP contribution in [0.25, 0.3) is 11.0 Å². The molecule has 0 fully saturated rings. The summed E-state index contributed by atoms with van der Waals surface area (Å²) in [5, 5.41) is 10.7. The largest absolute Gasteiger partial charge is 0.508 e. The van der Waals surface area contributed by atoms with Crippen molar-refractivity contribution in [3.63, 3.8) is 0 Å². The molecule has 1 heterocycles. The summed E-state index contributed by atoms with van der Waals surface area (Å²) in [6, 6.07) is 1.78. The molecule has 0 aliphatic rings. The van der Waals surface area contributed by atoms with Crippen molar-refractivity contribution in [2.75, 3.05) is 0 Å². The van der Waals surface area contributed by atoms with Crippen LogP contribution in [0, 0.1) is 27.7 Å². The number of aromatic hydroxyl groups is 1. The fourth-order valence-electron chi connectivity index (χ4n) is 1.70. The van der Waals surface area contributed by atoms with E-state index in [0.717, 1.165) is 33.4 Å².